The van der Waals surface area contributed by atoms with Crippen LogP contribution in [0.3, 0.4) is 0 Å². The second kappa shape index (κ2) is 6.57. The van der Waals surface area contributed by atoms with Crippen molar-refractivity contribution in [3.8, 4) is 11.5 Å². The van der Waals surface area contributed by atoms with Crippen LogP contribution in [0, 0.1) is 0 Å². The highest BCUT2D eigenvalue weighted by atomic mass is 16.5. The molecule has 0 atom stereocenters. The first kappa shape index (κ1) is 15.8. The van der Waals surface area contributed by atoms with Gasteiger partial charge in [0.2, 0.25) is 0 Å². The highest BCUT2D eigenvalue weighted by molar-refractivity contribution is 5.96. The van der Waals surface area contributed by atoms with E-state index in [0.717, 1.165) is 11.2 Å². The Morgan fingerprint density at radius 2 is 2.08 bits per heavy atom. The van der Waals surface area contributed by atoms with Gasteiger partial charge in [0.05, 0.1) is 26.1 Å². The van der Waals surface area contributed by atoms with Crippen molar-refractivity contribution in [1.29, 1.82) is 0 Å². The number of methoxy groups -OCH3 is 2. The molecule has 7 nitrogen and oxygen atoms in total. The lowest BCUT2D eigenvalue weighted by Gasteiger charge is -2.13. The largest absolute Gasteiger partial charge is 0.493 e. The molecule has 1 amide bonds. The molecular weight excluding hydrogens is 308 g/mol. The number of carbonyl (C=O) groups is 1. The van der Waals surface area contributed by atoms with E-state index in [1.54, 1.807) is 37.4 Å². The summed E-state index contributed by atoms with van der Waals surface area (Å²) in [6.07, 6.45) is 3.21. The molecule has 0 spiro atoms. The molecule has 0 bridgehead atoms. The van der Waals surface area contributed by atoms with Gasteiger partial charge in [0.15, 0.2) is 17.1 Å². The maximum absolute atomic E-state index is 12.4. The van der Waals surface area contributed by atoms with E-state index in [2.05, 4.69) is 15.3 Å². The number of benzene rings is 1. The molecule has 3 aromatic rings. The molecule has 0 unspecified atom stereocenters. The van der Waals surface area contributed by atoms with E-state index in [4.69, 9.17) is 9.47 Å². The Hall–Kier alpha value is -3.09. The average Bonchev–Trinajstić information content (AvgIpc) is 2.99. The summed E-state index contributed by atoms with van der Waals surface area (Å²) in [5, 5.41) is 2.86. The van der Waals surface area contributed by atoms with Crippen LogP contribution in [-0.4, -0.2) is 34.7 Å². The van der Waals surface area contributed by atoms with Crippen LogP contribution in [0.1, 0.15) is 15.9 Å². The summed E-state index contributed by atoms with van der Waals surface area (Å²) in [5.74, 6) is 1.01. The third-order valence-electron chi connectivity index (χ3n) is 3.74. The molecule has 0 saturated carbocycles. The van der Waals surface area contributed by atoms with Gasteiger partial charge in [-0.3, -0.25) is 4.79 Å². The van der Waals surface area contributed by atoms with E-state index in [1.165, 1.54) is 0 Å². The van der Waals surface area contributed by atoms with E-state index in [1.807, 2.05) is 25.2 Å². The second-order valence-corrected chi connectivity index (χ2v) is 5.26. The quantitative estimate of drug-likeness (QED) is 0.775. The predicted octanol–water partition coefficient (Wildman–Crippen LogP) is 1.92. The summed E-state index contributed by atoms with van der Waals surface area (Å²) >= 11 is 0. The zero-order valence-electron chi connectivity index (χ0n) is 13.7. The van der Waals surface area contributed by atoms with Crippen molar-refractivity contribution in [2.45, 2.75) is 6.54 Å². The van der Waals surface area contributed by atoms with Crippen LogP contribution in [0.25, 0.3) is 11.2 Å². The summed E-state index contributed by atoms with van der Waals surface area (Å²) < 4.78 is 12.4. The first-order valence-electron chi connectivity index (χ1n) is 7.39. The minimum atomic E-state index is -0.222. The molecule has 0 radical (unpaired) electrons. The molecular formula is C17H18N4O3. The van der Waals surface area contributed by atoms with Crippen molar-refractivity contribution >= 4 is 17.1 Å². The molecule has 0 aliphatic heterocycles. The fourth-order valence-corrected chi connectivity index (χ4v) is 2.51. The van der Waals surface area contributed by atoms with E-state index in [0.29, 0.717) is 29.1 Å². The molecule has 2 heterocycles. The fourth-order valence-electron chi connectivity index (χ4n) is 2.51. The van der Waals surface area contributed by atoms with Crippen molar-refractivity contribution in [2.75, 3.05) is 14.2 Å². The van der Waals surface area contributed by atoms with E-state index in [9.17, 15) is 4.79 Å². The molecule has 3 rings (SSSR count). The maximum atomic E-state index is 12.4. The molecule has 0 aliphatic carbocycles. The minimum Gasteiger partial charge on any atom is -0.493 e. The number of nitrogens with one attached hydrogen (secondary N) is 1. The number of nitrogens with zero attached hydrogens (tertiary/aromatic N) is 3. The Morgan fingerprint density at radius 1 is 1.25 bits per heavy atom. The molecule has 24 heavy (non-hydrogen) atoms. The molecule has 0 fully saturated rings. The number of pyridine rings is 1. The molecule has 7 heteroatoms. The summed E-state index contributed by atoms with van der Waals surface area (Å²) in [4.78, 5) is 20.9. The van der Waals surface area contributed by atoms with Crippen LogP contribution < -0.4 is 14.8 Å². The van der Waals surface area contributed by atoms with Gasteiger partial charge < -0.3 is 19.4 Å². The van der Waals surface area contributed by atoms with Crippen molar-refractivity contribution in [3.63, 3.8) is 0 Å². The molecule has 1 N–H and O–H groups in total. The normalized spacial score (nSPS) is 10.6. The number of aryl methyl sites for hydroxylation is 1. The Kier molecular flexibility index (Phi) is 4.33. The topological polar surface area (TPSA) is 78.3 Å². The Morgan fingerprint density at radius 3 is 2.83 bits per heavy atom. The van der Waals surface area contributed by atoms with E-state index >= 15 is 0 Å². The summed E-state index contributed by atoms with van der Waals surface area (Å²) in [6, 6.07) is 7.26. The van der Waals surface area contributed by atoms with Crippen molar-refractivity contribution in [3.05, 3.63) is 47.9 Å². The van der Waals surface area contributed by atoms with Crippen LogP contribution in [0.15, 0.2) is 36.8 Å². The predicted molar refractivity (Wildman–Crippen MR) is 89.2 cm³/mol. The zero-order valence-corrected chi connectivity index (χ0v) is 13.7. The highest BCUT2D eigenvalue weighted by Gasteiger charge is 2.13. The van der Waals surface area contributed by atoms with Crippen LogP contribution in [0.5, 0.6) is 11.5 Å². The van der Waals surface area contributed by atoms with E-state index < -0.39 is 0 Å². The fraction of sp³-hybridized carbons (Fsp3) is 0.235. The van der Waals surface area contributed by atoms with Crippen molar-refractivity contribution in [1.82, 2.24) is 19.9 Å². The first-order chi connectivity index (χ1) is 11.6. The van der Waals surface area contributed by atoms with Gasteiger partial charge in [0.1, 0.15) is 5.52 Å². The van der Waals surface area contributed by atoms with Crippen LogP contribution in [-0.2, 0) is 13.6 Å². The Balaban J connectivity index is 1.77. The average molecular weight is 326 g/mol. The molecule has 124 valence electrons. The summed E-state index contributed by atoms with van der Waals surface area (Å²) in [6.45, 7) is 0.319. The summed E-state index contributed by atoms with van der Waals surface area (Å²) in [7, 11) is 5.01. The van der Waals surface area contributed by atoms with Crippen LogP contribution in [0.4, 0.5) is 0 Å². The number of hydrogen-bond acceptors (Lipinski definition) is 5. The SMILES string of the molecule is COc1cccc(CNC(=O)c2cnc3c(c2)ncn3C)c1OC. The van der Waals surface area contributed by atoms with Crippen LogP contribution in [0.2, 0.25) is 0 Å². The van der Waals surface area contributed by atoms with Gasteiger partial charge in [-0.1, -0.05) is 12.1 Å². The van der Waals surface area contributed by atoms with Gasteiger partial charge in [0.25, 0.3) is 5.91 Å². The third kappa shape index (κ3) is 2.88. The van der Waals surface area contributed by atoms with Gasteiger partial charge in [0, 0.05) is 25.4 Å². The molecule has 2 aromatic heterocycles. The highest BCUT2D eigenvalue weighted by Crippen LogP contribution is 2.30. The lowest BCUT2D eigenvalue weighted by Crippen LogP contribution is -2.23. The number of ether oxygens (including phenoxy) is 2. The number of carbonyl (C=O) groups excluding carboxylic acids is 1. The van der Waals surface area contributed by atoms with Gasteiger partial charge in [-0.05, 0) is 12.1 Å². The number of imidazole rings is 1. The molecule has 0 saturated heterocycles. The van der Waals surface area contributed by atoms with Crippen LogP contribution >= 0.6 is 0 Å². The Bertz CT molecular complexity index is 889. The van der Waals surface area contributed by atoms with E-state index in [-0.39, 0.29) is 5.91 Å². The lowest BCUT2D eigenvalue weighted by atomic mass is 10.1. The number of aromatic nitrogens is 3. The van der Waals surface area contributed by atoms with Gasteiger partial charge in [-0.15, -0.1) is 0 Å². The number of rotatable bonds is 5. The zero-order chi connectivity index (χ0) is 17.1. The van der Waals surface area contributed by atoms with Crippen molar-refractivity contribution < 1.29 is 14.3 Å². The van der Waals surface area contributed by atoms with Gasteiger partial charge in [-0.2, -0.15) is 0 Å². The third-order valence-corrected chi connectivity index (χ3v) is 3.74. The molecule has 0 aliphatic rings. The monoisotopic (exact) mass is 326 g/mol. The first-order valence-corrected chi connectivity index (χ1v) is 7.39. The lowest BCUT2D eigenvalue weighted by molar-refractivity contribution is 0.0950. The standard InChI is InChI=1S/C17H18N4O3/c1-21-10-20-13-7-12(9-18-16(13)21)17(22)19-8-11-5-4-6-14(23-2)15(11)24-3/h4-7,9-10H,8H2,1-3H3,(H,19,22). The number of hydrogen-bond donors (Lipinski definition) is 1. The maximum Gasteiger partial charge on any atom is 0.253 e. The smallest absolute Gasteiger partial charge is 0.253 e. The Labute approximate surface area is 139 Å². The number of amides is 1. The van der Waals surface area contributed by atoms with Gasteiger partial charge >= 0.3 is 0 Å². The number of fused-ring (bicyclic) bond motifs is 1. The number of para-hydroxylation sites is 1. The second-order valence-electron chi connectivity index (χ2n) is 5.26. The minimum absolute atomic E-state index is 0.222. The molecule has 1 aromatic carbocycles. The van der Waals surface area contributed by atoms with Crippen molar-refractivity contribution in [2.24, 2.45) is 7.05 Å². The summed E-state index contributed by atoms with van der Waals surface area (Å²) in [5.41, 5.74) is 2.71. The van der Waals surface area contributed by atoms with Gasteiger partial charge in [-0.25, -0.2) is 9.97 Å².